The van der Waals surface area contributed by atoms with Crippen LogP contribution >= 0.6 is 50.5 Å². The third-order valence-corrected chi connectivity index (χ3v) is 5.67. The molecule has 1 aromatic carbocycles. The predicted octanol–water partition coefficient (Wildman–Crippen LogP) is 6.05. The number of hydrogen-bond donors (Lipinski definition) is 1. The van der Waals surface area contributed by atoms with Crippen LogP contribution in [-0.2, 0) is 0 Å². The summed E-state index contributed by atoms with van der Waals surface area (Å²) in [6, 6.07) is 6.69. The van der Waals surface area contributed by atoms with E-state index in [1.54, 1.807) is 17.4 Å². The van der Waals surface area contributed by atoms with Gasteiger partial charge in [-0.3, -0.25) is 0 Å². The van der Waals surface area contributed by atoms with Gasteiger partial charge < -0.3 is 5.32 Å². The van der Waals surface area contributed by atoms with Crippen molar-refractivity contribution in [3.63, 3.8) is 0 Å². The number of benzene rings is 1. The SMILES string of the molecule is CCCNC(c1ccc(Cl)c(F)c1)c1cc(Cl)c(Br)s1. The van der Waals surface area contributed by atoms with Crippen LogP contribution in [-0.4, -0.2) is 6.54 Å². The summed E-state index contributed by atoms with van der Waals surface area (Å²) in [4.78, 5) is 1.04. The normalized spacial score (nSPS) is 12.7. The van der Waals surface area contributed by atoms with Crippen LogP contribution in [0.15, 0.2) is 28.1 Å². The Bertz CT molecular complexity index is 583. The second-order valence-corrected chi connectivity index (χ2v) is 7.55. The lowest BCUT2D eigenvalue weighted by atomic mass is 10.1. The minimum atomic E-state index is -0.408. The van der Waals surface area contributed by atoms with Crippen molar-refractivity contribution in [2.45, 2.75) is 19.4 Å². The highest BCUT2D eigenvalue weighted by Gasteiger charge is 2.18. The Morgan fingerprint density at radius 2 is 2.05 bits per heavy atom. The number of thiophene rings is 1. The highest BCUT2D eigenvalue weighted by molar-refractivity contribution is 9.11. The average molecular weight is 397 g/mol. The summed E-state index contributed by atoms with van der Waals surface area (Å²) >= 11 is 16.8. The Kier molecular flexibility index (Phi) is 5.87. The molecule has 1 unspecified atom stereocenters. The Balaban J connectivity index is 2.38. The van der Waals surface area contributed by atoms with Crippen LogP contribution in [0.25, 0.3) is 0 Å². The van der Waals surface area contributed by atoms with Gasteiger partial charge in [-0.05, 0) is 52.7 Å². The Morgan fingerprint density at radius 1 is 1.30 bits per heavy atom. The first kappa shape index (κ1) is 16.2. The van der Waals surface area contributed by atoms with Crippen LogP contribution in [0.1, 0.15) is 29.8 Å². The van der Waals surface area contributed by atoms with Crippen LogP contribution in [0, 0.1) is 5.82 Å². The molecule has 1 heterocycles. The van der Waals surface area contributed by atoms with E-state index in [4.69, 9.17) is 23.2 Å². The molecule has 1 N–H and O–H groups in total. The lowest BCUT2D eigenvalue weighted by Crippen LogP contribution is -2.22. The zero-order valence-corrected chi connectivity index (χ0v) is 14.6. The molecular formula is C14H13BrCl2FNS. The number of halogens is 4. The van der Waals surface area contributed by atoms with Gasteiger partial charge in [0.25, 0.3) is 0 Å². The van der Waals surface area contributed by atoms with E-state index in [2.05, 4.69) is 28.2 Å². The van der Waals surface area contributed by atoms with E-state index >= 15 is 0 Å². The first-order chi connectivity index (χ1) is 9.52. The van der Waals surface area contributed by atoms with Crippen molar-refractivity contribution in [1.82, 2.24) is 5.32 Å². The second kappa shape index (κ2) is 7.23. The van der Waals surface area contributed by atoms with Crippen molar-refractivity contribution in [1.29, 1.82) is 0 Å². The van der Waals surface area contributed by atoms with E-state index in [9.17, 15) is 4.39 Å². The quantitative estimate of drug-likeness (QED) is 0.648. The molecular weight excluding hydrogens is 384 g/mol. The molecule has 0 aliphatic heterocycles. The van der Waals surface area contributed by atoms with Gasteiger partial charge in [-0.15, -0.1) is 11.3 Å². The van der Waals surface area contributed by atoms with Crippen molar-refractivity contribution in [3.8, 4) is 0 Å². The van der Waals surface area contributed by atoms with E-state index < -0.39 is 5.82 Å². The maximum atomic E-state index is 13.7. The highest BCUT2D eigenvalue weighted by atomic mass is 79.9. The molecule has 1 atom stereocenters. The largest absolute Gasteiger partial charge is 0.306 e. The number of hydrogen-bond acceptors (Lipinski definition) is 2. The molecule has 0 fully saturated rings. The first-order valence-corrected chi connectivity index (χ1v) is 8.52. The van der Waals surface area contributed by atoms with Gasteiger partial charge in [0.15, 0.2) is 0 Å². The topological polar surface area (TPSA) is 12.0 Å². The van der Waals surface area contributed by atoms with Gasteiger partial charge in [-0.25, -0.2) is 4.39 Å². The lowest BCUT2D eigenvalue weighted by Gasteiger charge is -2.18. The van der Waals surface area contributed by atoms with Gasteiger partial charge in [0, 0.05) is 4.88 Å². The molecule has 1 aromatic heterocycles. The molecule has 0 spiro atoms. The molecule has 20 heavy (non-hydrogen) atoms. The van der Waals surface area contributed by atoms with Crippen LogP contribution in [0.5, 0.6) is 0 Å². The second-order valence-electron chi connectivity index (χ2n) is 4.33. The number of nitrogens with one attached hydrogen (secondary N) is 1. The summed E-state index contributed by atoms with van der Waals surface area (Å²) in [5.74, 6) is -0.408. The summed E-state index contributed by atoms with van der Waals surface area (Å²) in [5.41, 5.74) is 0.839. The van der Waals surface area contributed by atoms with E-state index in [1.807, 2.05) is 12.1 Å². The monoisotopic (exact) mass is 395 g/mol. The van der Waals surface area contributed by atoms with Crippen molar-refractivity contribution >= 4 is 50.5 Å². The summed E-state index contributed by atoms with van der Waals surface area (Å²) in [5, 5.41) is 4.21. The maximum Gasteiger partial charge on any atom is 0.142 e. The molecule has 0 aliphatic carbocycles. The summed E-state index contributed by atoms with van der Waals surface area (Å²) in [6.45, 7) is 2.92. The van der Waals surface area contributed by atoms with Crippen molar-refractivity contribution in [3.05, 3.63) is 54.4 Å². The van der Waals surface area contributed by atoms with Crippen molar-refractivity contribution in [2.75, 3.05) is 6.54 Å². The van der Waals surface area contributed by atoms with Gasteiger partial charge in [-0.2, -0.15) is 0 Å². The molecule has 0 aliphatic rings. The van der Waals surface area contributed by atoms with E-state index in [0.29, 0.717) is 5.02 Å². The fourth-order valence-corrected chi connectivity index (χ4v) is 3.84. The van der Waals surface area contributed by atoms with Crippen LogP contribution in [0.4, 0.5) is 4.39 Å². The third kappa shape index (κ3) is 3.74. The van der Waals surface area contributed by atoms with Crippen molar-refractivity contribution in [2.24, 2.45) is 0 Å². The van der Waals surface area contributed by atoms with Gasteiger partial charge >= 0.3 is 0 Å². The molecule has 2 rings (SSSR count). The molecule has 0 amide bonds. The summed E-state index contributed by atoms with van der Waals surface area (Å²) < 4.78 is 14.6. The average Bonchev–Trinajstić information content (AvgIpc) is 2.74. The predicted molar refractivity (Wildman–Crippen MR) is 88.6 cm³/mol. The summed E-state index contributed by atoms with van der Waals surface area (Å²) in [7, 11) is 0. The number of rotatable bonds is 5. The van der Waals surface area contributed by atoms with E-state index in [0.717, 1.165) is 27.2 Å². The van der Waals surface area contributed by atoms with Gasteiger partial charge in [0.05, 0.1) is 19.9 Å². The lowest BCUT2D eigenvalue weighted by molar-refractivity contribution is 0.591. The molecule has 0 radical (unpaired) electrons. The smallest absolute Gasteiger partial charge is 0.142 e. The molecule has 108 valence electrons. The summed E-state index contributed by atoms with van der Waals surface area (Å²) in [6.07, 6.45) is 0.993. The molecule has 0 bridgehead atoms. The van der Waals surface area contributed by atoms with Gasteiger partial charge in [0.2, 0.25) is 0 Å². The standard InChI is InChI=1S/C14H13BrCl2FNS/c1-2-5-19-13(12-7-10(17)14(15)20-12)8-3-4-9(16)11(18)6-8/h3-4,6-7,13,19H,2,5H2,1H3. The highest BCUT2D eigenvalue weighted by Crippen LogP contribution is 2.37. The fourth-order valence-electron chi connectivity index (χ4n) is 1.87. The van der Waals surface area contributed by atoms with E-state index in [1.165, 1.54) is 6.07 Å². The maximum absolute atomic E-state index is 13.7. The first-order valence-electron chi connectivity index (χ1n) is 6.16. The Morgan fingerprint density at radius 3 is 2.60 bits per heavy atom. The Labute approximate surface area is 140 Å². The molecule has 1 nitrogen and oxygen atoms in total. The molecule has 0 saturated heterocycles. The minimum Gasteiger partial charge on any atom is -0.306 e. The molecule has 2 aromatic rings. The van der Waals surface area contributed by atoms with Crippen LogP contribution in [0.2, 0.25) is 10.0 Å². The fraction of sp³-hybridized carbons (Fsp3) is 0.286. The zero-order chi connectivity index (χ0) is 14.7. The molecule has 6 heteroatoms. The van der Waals surface area contributed by atoms with E-state index in [-0.39, 0.29) is 11.1 Å². The van der Waals surface area contributed by atoms with Crippen molar-refractivity contribution < 1.29 is 4.39 Å². The van der Waals surface area contributed by atoms with Gasteiger partial charge in [0.1, 0.15) is 5.82 Å². The Hall–Kier alpha value is -0.130. The van der Waals surface area contributed by atoms with Crippen LogP contribution in [0.3, 0.4) is 0 Å². The zero-order valence-electron chi connectivity index (χ0n) is 10.7. The minimum absolute atomic E-state index is 0.0875. The molecule has 0 saturated carbocycles. The van der Waals surface area contributed by atoms with Gasteiger partial charge in [-0.1, -0.05) is 36.2 Å². The van der Waals surface area contributed by atoms with Crippen LogP contribution < -0.4 is 5.32 Å². The third-order valence-electron chi connectivity index (χ3n) is 2.82.